The molecular weight excluding hydrogens is 260 g/mol. The van der Waals surface area contributed by atoms with Crippen molar-refractivity contribution in [3.63, 3.8) is 0 Å². The van der Waals surface area contributed by atoms with Crippen molar-refractivity contribution in [1.29, 1.82) is 0 Å². The molecule has 6 rings (SSSR count). The van der Waals surface area contributed by atoms with E-state index in [2.05, 4.69) is 32.0 Å². The average Bonchev–Trinajstić information content (AvgIpc) is 2.81. The average molecular weight is 284 g/mol. The van der Waals surface area contributed by atoms with Crippen molar-refractivity contribution in [2.75, 3.05) is 6.79 Å². The third kappa shape index (κ3) is 1.59. The fourth-order valence-electron chi connectivity index (χ4n) is 7.10. The van der Waals surface area contributed by atoms with Crippen LogP contribution in [0.15, 0.2) is 18.2 Å². The smallest absolute Gasteiger partial charge is 0.231 e. The molecule has 4 aliphatic carbocycles. The third-order valence-corrected chi connectivity index (χ3v) is 6.59. The summed E-state index contributed by atoms with van der Waals surface area (Å²) in [6, 6.07) is 6.52. The minimum atomic E-state index is 0.335. The van der Waals surface area contributed by atoms with Crippen molar-refractivity contribution in [1.82, 2.24) is 0 Å². The molecule has 1 aromatic rings. The zero-order valence-electron chi connectivity index (χ0n) is 13.1. The number of hydrogen-bond donors (Lipinski definition) is 0. The molecule has 0 amide bonds. The van der Waals surface area contributed by atoms with Crippen LogP contribution in [0.2, 0.25) is 0 Å². The molecule has 1 heterocycles. The van der Waals surface area contributed by atoms with Gasteiger partial charge in [-0.05, 0) is 61.3 Å². The van der Waals surface area contributed by atoms with Crippen LogP contribution in [0.1, 0.15) is 57.9 Å². The summed E-state index contributed by atoms with van der Waals surface area (Å²) in [6.07, 6.45) is 8.34. The molecule has 4 saturated carbocycles. The Kier molecular flexibility index (Phi) is 2.11. The van der Waals surface area contributed by atoms with Crippen LogP contribution in [0.3, 0.4) is 0 Å². The van der Waals surface area contributed by atoms with Crippen LogP contribution in [0.4, 0.5) is 0 Å². The van der Waals surface area contributed by atoms with Gasteiger partial charge in [0.1, 0.15) is 0 Å². The van der Waals surface area contributed by atoms with Gasteiger partial charge in [0, 0.05) is 11.0 Å². The van der Waals surface area contributed by atoms with E-state index in [4.69, 9.17) is 9.47 Å². The fourth-order valence-corrected chi connectivity index (χ4v) is 7.10. The van der Waals surface area contributed by atoms with Gasteiger partial charge in [-0.15, -0.1) is 0 Å². The van der Waals surface area contributed by atoms with Gasteiger partial charge < -0.3 is 9.47 Å². The Labute approximate surface area is 126 Å². The summed E-state index contributed by atoms with van der Waals surface area (Å²) in [6.45, 7) is 5.45. The van der Waals surface area contributed by atoms with Crippen LogP contribution >= 0.6 is 0 Å². The first-order valence-corrected chi connectivity index (χ1v) is 8.39. The summed E-state index contributed by atoms with van der Waals surface area (Å²) < 4.78 is 11.5. The maximum absolute atomic E-state index is 5.86. The monoisotopic (exact) mass is 284 g/mol. The lowest BCUT2D eigenvalue weighted by Gasteiger charge is -2.65. The maximum Gasteiger partial charge on any atom is 0.231 e. The molecule has 0 radical (unpaired) electrons. The van der Waals surface area contributed by atoms with Gasteiger partial charge in [0.2, 0.25) is 6.79 Å². The third-order valence-electron chi connectivity index (χ3n) is 6.59. The summed E-state index contributed by atoms with van der Waals surface area (Å²) in [5, 5.41) is 0. The van der Waals surface area contributed by atoms with E-state index in [1.807, 2.05) is 0 Å². The number of rotatable bonds is 1. The molecule has 0 spiro atoms. The highest BCUT2D eigenvalue weighted by Crippen LogP contribution is 2.70. The van der Waals surface area contributed by atoms with Gasteiger partial charge >= 0.3 is 0 Å². The number of para-hydroxylation sites is 1. The molecule has 2 nitrogen and oxygen atoms in total. The largest absolute Gasteiger partial charge is 0.454 e. The normalized spacial score (nSPS) is 46.1. The van der Waals surface area contributed by atoms with E-state index in [1.165, 1.54) is 44.1 Å². The SMILES string of the molecule is CC12CC3CC(C)(C1)CC(c1cccc4c1OCO4)(C3)C2. The van der Waals surface area contributed by atoms with Crippen molar-refractivity contribution in [2.45, 2.75) is 57.8 Å². The molecule has 21 heavy (non-hydrogen) atoms. The van der Waals surface area contributed by atoms with E-state index in [1.54, 1.807) is 0 Å². The lowest BCUT2D eigenvalue weighted by atomic mass is 9.39. The zero-order chi connectivity index (χ0) is 14.3. The molecule has 2 heteroatoms. The summed E-state index contributed by atoms with van der Waals surface area (Å²) in [4.78, 5) is 0. The first kappa shape index (κ1) is 12.4. The zero-order valence-corrected chi connectivity index (χ0v) is 13.1. The highest BCUT2D eigenvalue weighted by Gasteiger charge is 2.61. The number of ether oxygens (including phenoxy) is 2. The first-order valence-electron chi connectivity index (χ1n) is 8.39. The van der Waals surface area contributed by atoms with E-state index < -0.39 is 0 Å². The molecule has 1 aromatic carbocycles. The molecule has 2 atom stereocenters. The van der Waals surface area contributed by atoms with E-state index in [0.29, 0.717) is 23.0 Å². The van der Waals surface area contributed by atoms with Gasteiger partial charge in [0.25, 0.3) is 0 Å². The van der Waals surface area contributed by atoms with Crippen LogP contribution in [0.25, 0.3) is 0 Å². The number of benzene rings is 1. The van der Waals surface area contributed by atoms with Crippen LogP contribution in [-0.2, 0) is 5.41 Å². The van der Waals surface area contributed by atoms with Gasteiger partial charge in [0.05, 0.1) is 0 Å². The van der Waals surface area contributed by atoms with Crippen LogP contribution < -0.4 is 9.47 Å². The lowest BCUT2D eigenvalue weighted by molar-refractivity contribution is -0.110. The van der Waals surface area contributed by atoms with E-state index in [-0.39, 0.29) is 0 Å². The van der Waals surface area contributed by atoms with E-state index in [0.717, 1.165) is 17.4 Å². The van der Waals surface area contributed by atoms with Gasteiger partial charge in [-0.3, -0.25) is 0 Å². The Morgan fingerprint density at radius 1 is 0.952 bits per heavy atom. The Bertz CT molecular complexity index is 602. The summed E-state index contributed by atoms with van der Waals surface area (Å²) in [5.41, 5.74) is 2.85. The highest BCUT2D eigenvalue weighted by atomic mass is 16.7. The van der Waals surface area contributed by atoms with E-state index >= 15 is 0 Å². The molecule has 0 aromatic heterocycles. The predicted molar refractivity (Wildman–Crippen MR) is 81.6 cm³/mol. The minimum Gasteiger partial charge on any atom is -0.454 e. The number of fused-ring (bicyclic) bond motifs is 1. The molecule has 2 unspecified atom stereocenters. The van der Waals surface area contributed by atoms with Crippen molar-refractivity contribution in [3.05, 3.63) is 23.8 Å². The van der Waals surface area contributed by atoms with Crippen LogP contribution in [0.5, 0.6) is 11.5 Å². The van der Waals surface area contributed by atoms with Gasteiger partial charge in [-0.2, -0.15) is 0 Å². The topological polar surface area (TPSA) is 18.5 Å². The molecule has 0 saturated heterocycles. The van der Waals surface area contributed by atoms with Gasteiger partial charge in [-0.25, -0.2) is 0 Å². The molecule has 1 aliphatic heterocycles. The molecule has 5 aliphatic rings. The number of hydrogen-bond acceptors (Lipinski definition) is 2. The van der Waals surface area contributed by atoms with Gasteiger partial charge in [-0.1, -0.05) is 26.0 Å². The molecular formula is C19H24O2. The van der Waals surface area contributed by atoms with E-state index in [9.17, 15) is 0 Å². The second-order valence-electron chi connectivity index (χ2n) is 8.95. The van der Waals surface area contributed by atoms with Crippen molar-refractivity contribution in [2.24, 2.45) is 16.7 Å². The maximum atomic E-state index is 5.86. The quantitative estimate of drug-likeness (QED) is 0.746. The van der Waals surface area contributed by atoms with Crippen LogP contribution in [0, 0.1) is 16.7 Å². The first-order chi connectivity index (χ1) is 10.00. The Morgan fingerprint density at radius 2 is 1.71 bits per heavy atom. The Hall–Kier alpha value is -1.18. The molecule has 4 bridgehead atoms. The molecule has 112 valence electrons. The second-order valence-corrected chi connectivity index (χ2v) is 8.95. The summed E-state index contributed by atoms with van der Waals surface area (Å²) >= 11 is 0. The minimum absolute atomic E-state index is 0.335. The van der Waals surface area contributed by atoms with Crippen molar-refractivity contribution in [3.8, 4) is 11.5 Å². The van der Waals surface area contributed by atoms with Crippen LogP contribution in [-0.4, -0.2) is 6.79 Å². The van der Waals surface area contributed by atoms with Crippen molar-refractivity contribution >= 4 is 0 Å². The van der Waals surface area contributed by atoms with Crippen molar-refractivity contribution < 1.29 is 9.47 Å². The molecule has 4 fully saturated rings. The Balaban J connectivity index is 1.68. The molecule has 0 N–H and O–H groups in total. The predicted octanol–water partition coefficient (Wildman–Crippen LogP) is 4.66. The summed E-state index contributed by atoms with van der Waals surface area (Å²) in [5.74, 6) is 2.92. The standard InChI is InChI=1S/C19H24O2/c1-17-6-13-7-18(2,9-17)11-19(8-13,10-17)14-4-3-5-15-16(14)21-12-20-15/h3-5,13H,6-12H2,1-2H3. The van der Waals surface area contributed by atoms with Gasteiger partial charge in [0.15, 0.2) is 11.5 Å². The highest BCUT2D eigenvalue weighted by molar-refractivity contribution is 5.52. The second kappa shape index (κ2) is 3.59. The summed E-state index contributed by atoms with van der Waals surface area (Å²) in [7, 11) is 0. The Morgan fingerprint density at radius 3 is 2.43 bits per heavy atom. The lowest BCUT2D eigenvalue weighted by Crippen LogP contribution is -2.56. The fraction of sp³-hybridized carbons (Fsp3) is 0.684.